The molecule has 4 nitrogen and oxygen atoms in total. The summed E-state index contributed by atoms with van der Waals surface area (Å²) in [6.07, 6.45) is 4.73. The van der Waals surface area contributed by atoms with Gasteiger partial charge in [-0.3, -0.25) is 0 Å². The van der Waals surface area contributed by atoms with Crippen LogP contribution in [0.4, 0.5) is 0 Å². The van der Waals surface area contributed by atoms with E-state index in [0.717, 1.165) is 37.3 Å². The zero-order valence-corrected chi connectivity index (χ0v) is 11.7. The van der Waals surface area contributed by atoms with E-state index in [2.05, 4.69) is 4.98 Å². The third-order valence-electron chi connectivity index (χ3n) is 3.30. The molecule has 0 aliphatic carbocycles. The molecule has 1 aliphatic heterocycles. The van der Waals surface area contributed by atoms with Gasteiger partial charge in [-0.15, -0.1) is 11.3 Å². The number of ether oxygens (including phenoxy) is 1. The first-order valence-electron chi connectivity index (χ1n) is 6.44. The van der Waals surface area contributed by atoms with Gasteiger partial charge >= 0.3 is 5.97 Å². The van der Waals surface area contributed by atoms with Gasteiger partial charge in [-0.25, -0.2) is 9.78 Å². The summed E-state index contributed by atoms with van der Waals surface area (Å²) in [7, 11) is 0. The zero-order valence-electron chi connectivity index (χ0n) is 10.9. The van der Waals surface area contributed by atoms with Crippen LogP contribution >= 0.6 is 11.3 Å². The monoisotopic (exact) mass is 269 g/mol. The van der Waals surface area contributed by atoms with E-state index < -0.39 is 5.97 Å². The van der Waals surface area contributed by atoms with Crippen molar-refractivity contribution in [2.45, 2.75) is 51.6 Å². The highest BCUT2D eigenvalue weighted by atomic mass is 32.1. The summed E-state index contributed by atoms with van der Waals surface area (Å²) >= 11 is 1.28. The van der Waals surface area contributed by atoms with Gasteiger partial charge in [0.1, 0.15) is 15.5 Å². The molecule has 1 atom stereocenters. The summed E-state index contributed by atoms with van der Waals surface area (Å²) < 4.78 is 5.83. The first-order chi connectivity index (χ1) is 8.57. The number of aryl methyl sites for hydroxylation is 1. The SMILES string of the molecule is CCCc1nc(C2(C)CCCCO2)sc1C(=O)O. The lowest BCUT2D eigenvalue weighted by atomic mass is 9.97. The van der Waals surface area contributed by atoms with Crippen molar-refractivity contribution < 1.29 is 14.6 Å². The fraction of sp³-hybridized carbons (Fsp3) is 0.692. The summed E-state index contributed by atoms with van der Waals surface area (Å²) in [4.78, 5) is 16.1. The Hall–Kier alpha value is -0.940. The van der Waals surface area contributed by atoms with Gasteiger partial charge in [0.05, 0.1) is 5.69 Å². The molecule has 1 fully saturated rings. The van der Waals surface area contributed by atoms with Crippen LogP contribution in [0.25, 0.3) is 0 Å². The lowest BCUT2D eigenvalue weighted by Crippen LogP contribution is -2.30. The molecule has 1 N–H and O–H groups in total. The Balaban J connectivity index is 2.33. The summed E-state index contributed by atoms with van der Waals surface area (Å²) in [5, 5.41) is 10.0. The van der Waals surface area contributed by atoms with E-state index >= 15 is 0 Å². The lowest BCUT2D eigenvalue weighted by Gasteiger charge is -2.31. The normalized spacial score (nSPS) is 24.1. The van der Waals surface area contributed by atoms with Crippen molar-refractivity contribution in [1.82, 2.24) is 4.98 Å². The van der Waals surface area contributed by atoms with Crippen molar-refractivity contribution in [2.24, 2.45) is 0 Å². The predicted octanol–water partition coefficient (Wildman–Crippen LogP) is 3.21. The number of hydrogen-bond acceptors (Lipinski definition) is 4. The van der Waals surface area contributed by atoms with E-state index in [1.807, 2.05) is 13.8 Å². The molecule has 1 aromatic rings. The third-order valence-corrected chi connectivity index (χ3v) is 4.63. The number of carboxylic acids is 1. The Labute approximate surface area is 111 Å². The quantitative estimate of drug-likeness (QED) is 0.911. The zero-order chi connectivity index (χ0) is 13.2. The van der Waals surface area contributed by atoms with E-state index in [4.69, 9.17) is 4.74 Å². The van der Waals surface area contributed by atoms with Crippen LogP contribution in [0.3, 0.4) is 0 Å². The second-order valence-electron chi connectivity index (χ2n) is 4.89. The second kappa shape index (κ2) is 5.36. The number of carbonyl (C=O) groups is 1. The molecule has 0 radical (unpaired) electrons. The van der Waals surface area contributed by atoms with Gasteiger partial charge in [-0.2, -0.15) is 0 Å². The van der Waals surface area contributed by atoms with Crippen LogP contribution in [0.2, 0.25) is 0 Å². The van der Waals surface area contributed by atoms with Crippen LogP contribution in [0.1, 0.15) is 59.9 Å². The number of nitrogens with zero attached hydrogens (tertiary/aromatic N) is 1. The number of rotatable bonds is 4. The topological polar surface area (TPSA) is 59.4 Å². The summed E-state index contributed by atoms with van der Waals surface area (Å²) in [6, 6.07) is 0. The van der Waals surface area contributed by atoms with Crippen LogP contribution < -0.4 is 0 Å². The molecule has 0 bridgehead atoms. The number of hydrogen-bond donors (Lipinski definition) is 1. The minimum Gasteiger partial charge on any atom is -0.477 e. The number of aromatic carboxylic acids is 1. The maximum atomic E-state index is 11.2. The van der Waals surface area contributed by atoms with Crippen LogP contribution in [0.5, 0.6) is 0 Å². The summed E-state index contributed by atoms with van der Waals surface area (Å²) in [5.74, 6) is -0.874. The van der Waals surface area contributed by atoms with E-state index in [0.29, 0.717) is 17.0 Å². The average molecular weight is 269 g/mol. The van der Waals surface area contributed by atoms with Crippen molar-refractivity contribution in [3.8, 4) is 0 Å². The fourth-order valence-electron chi connectivity index (χ4n) is 2.25. The fourth-order valence-corrected chi connectivity index (χ4v) is 3.33. The smallest absolute Gasteiger partial charge is 0.347 e. The van der Waals surface area contributed by atoms with Crippen molar-refractivity contribution in [3.05, 3.63) is 15.6 Å². The lowest BCUT2D eigenvalue weighted by molar-refractivity contribution is -0.0702. The molecular formula is C13H19NO3S. The highest BCUT2D eigenvalue weighted by Crippen LogP contribution is 2.38. The highest BCUT2D eigenvalue weighted by Gasteiger charge is 2.34. The average Bonchev–Trinajstić information content (AvgIpc) is 2.75. The van der Waals surface area contributed by atoms with Crippen LogP contribution in [-0.2, 0) is 16.8 Å². The molecular weight excluding hydrogens is 250 g/mol. The van der Waals surface area contributed by atoms with Gasteiger partial charge in [-0.1, -0.05) is 13.3 Å². The molecule has 0 spiro atoms. The molecule has 5 heteroatoms. The van der Waals surface area contributed by atoms with Crippen LogP contribution in [0, 0.1) is 0 Å². The van der Waals surface area contributed by atoms with Gasteiger partial charge in [0, 0.05) is 6.61 Å². The van der Waals surface area contributed by atoms with E-state index in [9.17, 15) is 9.90 Å². The van der Waals surface area contributed by atoms with Crippen molar-refractivity contribution in [1.29, 1.82) is 0 Å². The summed E-state index contributed by atoms with van der Waals surface area (Å²) in [6.45, 7) is 4.79. The molecule has 1 saturated heterocycles. The third kappa shape index (κ3) is 2.57. The number of carboxylic acid groups (broad SMARTS) is 1. The second-order valence-corrected chi connectivity index (χ2v) is 5.89. The minimum atomic E-state index is -0.874. The molecule has 1 aromatic heterocycles. The maximum Gasteiger partial charge on any atom is 0.347 e. The molecule has 1 aliphatic rings. The molecule has 1 unspecified atom stereocenters. The van der Waals surface area contributed by atoms with E-state index in [1.165, 1.54) is 11.3 Å². The van der Waals surface area contributed by atoms with Gasteiger partial charge < -0.3 is 9.84 Å². The number of thiazole rings is 1. The van der Waals surface area contributed by atoms with Gasteiger partial charge in [0.2, 0.25) is 0 Å². The van der Waals surface area contributed by atoms with Crippen molar-refractivity contribution in [3.63, 3.8) is 0 Å². The van der Waals surface area contributed by atoms with Gasteiger partial charge in [0.25, 0.3) is 0 Å². The molecule has 100 valence electrons. The van der Waals surface area contributed by atoms with Crippen LogP contribution in [0.15, 0.2) is 0 Å². The standard InChI is InChI=1S/C13H19NO3S/c1-3-6-9-10(11(15)16)18-12(14-9)13(2)7-4-5-8-17-13/h3-8H2,1-2H3,(H,15,16). The molecule has 0 aromatic carbocycles. The first kappa shape index (κ1) is 13.5. The highest BCUT2D eigenvalue weighted by molar-refractivity contribution is 7.13. The molecule has 2 rings (SSSR count). The Morgan fingerprint density at radius 3 is 2.89 bits per heavy atom. The first-order valence-corrected chi connectivity index (χ1v) is 7.26. The maximum absolute atomic E-state index is 11.2. The molecule has 0 saturated carbocycles. The van der Waals surface area contributed by atoms with E-state index in [-0.39, 0.29) is 5.60 Å². The Kier molecular flexibility index (Phi) is 4.02. The summed E-state index contributed by atoms with van der Waals surface area (Å²) in [5.41, 5.74) is 0.319. The van der Waals surface area contributed by atoms with Crippen molar-refractivity contribution >= 4 is 17.3 Å². The van der Waals surface area contributed by atoms with E-state index in [1.54, 1.807) is 0 Å². The molecule has 0 amide bonds. The van der Waals surface area contributed by atoms with Gasteiger partial charge in [0.15, 0.2) is 0 Å². The largest absolute Gasteiger partial charge is 0.477 e. The van der Waals surface area contributed by atoms with Crippen LogP contribution in [-0.4, -0.2) is 22.7 Å². The molecule has 2 heterocycles. The Morgan fingerprint density at radius 1 is 1.56 bits per heavy atom. The van der Waals surface area contributed by atoms with Gasteiger partial charge in [-0.05, 0) is 32.6 Å². The Morgan fingerprint density at radius 2 is 2.33 bits per heavy atom. The predicted molar refractivity (Wildman–Crippen MR) is 70.2 cm³/mol. The molecule has 18 heavy (non-hydrogen) atoms. The Bertz CT molecular complexity index is 435. The van der Waals surface area contributed by atoms with Crippen molar-refractivity contribution in [2.75, 3.05) is 6.61 Å². The minimum absolute atomic E-state index is 0.377. The number of aromatic nitrogens is 1.